The molecule has 4 amide bonds. The van der Waals surface area contributed by atoms with E-state index in [-0.39, 0.29) is 23.8 Å². The van der Waals surface area contributed by atoms with Gasteiger partial charge in [0.15, 0.2) is 0 Å². The molecule has 2 heterocycles. The van der Waals surface area contributed by atoms with Crippen molar-refractivity contribution in [2.75, 3.05) is 41.7 Å². The lowest BCUT2D eigenvalue weighted by atomic mass is 10.0. The Bertz CT molecular complexity index is 1470. The number of aliphatic carboxylic acids is 1. The number of nitrogens with one attached hydrogen (secondary N) is 3. The van der Waals surface area contributed by atoms with Crippen molar-refractivity contribution in [2.24, 2.45) is 5.92 Å². The molecule has 11 nitrogen and oxygen atoms in total. The number of benzene rings is 2. The van der Waals surface area contributed by atoms with Crippen LogP contribution in [-0.4, -0.2) is 65.0 Å². The fraction of sp³-hybridized carbons (Fsp3) is 0.323. The minimum atomic E-state index is -1.06. The Morgan fingerprint density at radius 3 is 2.43 bits per heavy atom. The third kappa shape index (κ3) is 7.22. The zero-order chi connectivity index (χ0) is 29.6. The molecule has 4 N–H and O–H groups in total. The van der Waals surface area contributed by atoms with Crippen molar-refractivity contribution < 1.29 is 24.3 Å². The minimum absolute atomic E-state index is 0.161. The van der Waals surface area contributed by atoms with Gasteiger partial charge in [0.05, 0.1) is 23.8 Å². The molecule has 0 bridgehead atoms. The van der Waals surface area contributed by atoms with Crippen LogP contribution < -0.4 is 20.9 Å². The van der Waals surface area contributed by atoms with Gasteiger partial charge < -0.3 is 30.9 Å². The molecule has 2 aromatic carbocycles. The summed E-state index contributed by atoms with van der Waals surface area (Å²) in [4.78, 5) is 58.5. The standard InChI is InChI=1S/C31H34N6O5/c1-20-4-2-6-24(16-20)33-31(42)35-26-17-22(29(40)34-25(18-28(38)39)23-5-3-11-32-19-23)9-10-27(26)36-12-14-37(15-13-36)30(41)21-7-8-21/h2-6,9-11,16-17,19,21,25H,7-8,12-15,18H2,1H3,(H,34,40)(H,38,39)(H2,33,35,42). The second kappa shape index (κ2) is 12.7. The van der Waals surface area contributed by atoms with E-state index in [1.165, 1.54) is 6.20 Å². The highest BCUT2D eigenvalue weighted by Gasteiger charge is 2.35. The number of carboxylic acids is 1. The van der Waals surface area contributed by atoms with E-state index in [0.29, 0.717) is 43.1 Å². The SMILES string of the molecule is Cc1cccc(NC(=O)Nc2cc(C(=O)NC(CC(=O)O)c3cccnc3)ccc2N2CCN(C(=O)C3CC3)CC2)c1. The van der Waals surface area contributed by atoms with Crippen molar-refractivity contribution in [1.29, 1.82) is 0 Å². The lowest BCUT2D eigenvalue weighted by Gasteiger charge is -2.37. The van der Waals surface area contributed by atoms with Gasteiger partial charge in [0.2, 0.25) is 5.91 Å². The first-order valence-corrected chi connectivity index (χ1v) is 14.0. The average molecular weight is 571 g/mol. The summed E-state index contributed by atoms with van der Waals surface area (Å²) >= 11 is 0. The van der Waals surface area contributed by atoms with Crippen LogP contribution in [0.2, 0.25) is 0 Å². The molecule has 0 radical (unpaired) electrons. The summed E-state index contributed by atoms with van der Waals surface area (Å²) in [6.45, 7) is 4.25. The highest BCUT2D eigenvalue weighted by molar-refractivity contribution is 6.04. The number of rotatable bonds is 9. The molecule has 1 unspecified atom stereocenters. The van der Waals surface area contributed by atoms with Gasteiger partial charge in [-0.3, -0.25) is 19.4 Å². The fourth-order valence-corrected chi connectivity index (χ4v) is 5.07. The Balaban J connectivity index is 1.37. The maximum Gasteiger partial charge on any atom is 0.323 e. The van der Waals surface area contributed by atoms with Crippen molar-refractivity contribution >= 4 is 40.9 Å². The zero-order valence-corrected chi connectivity index (χ0v) is 23.4. The highest BCUT2D eigenvalue weighted by Crippen LogP contribution is 2.33. The van der Waals surface area contributed by atoms with Crippen LogP contribution in [0.25, 0.3) is 0 Å². The van der Waals surface area contributed by atoms with Crippen molar-refractivity contribution in [3.05, 3.63) is 83.7 Å². The Kier molecular flexibility index (Phi) is 8.66. The van der Waals surface area contributed by atoms with Gasteiger partial charge in [0.25, 0.3) is 5.91 Å². The van der Waals surface area contributed by atoms with Crippen LogP contribution >= 0.6 is 0 Å². The summed E-state index contributed by atoms with van der Waals surface area (Å²) in [5.41, 5.74) is 3.59. The molecule has 5 rings (SSSR count). The predicted molar refractivity (Wildman–Crippen MR) is 158 cm³/mol. The van der Waals surface area contributed by atoms with Gasteiger partial charge in [-0.2, -0.15) is 0 Å². The Morgan fingerprint density at radius 1 is 0.976 bits per heavy atom. The van der Waals surface area contributed by atoms with E-state index >= 15 is 0 Å². The number of carbonyl (C=O) groups is 4. The number of piperazine rings is 1. The van der Waals surface area contributed by atoms with Gasteiger partial charge in [0, 0.05) is 55.7 Å². The van der Waals surface area contributed by atoms with Crippen LogP contribution in [0.15, 0.2) is 67.0 Å². The normalized spacial score (nSPS) is 15.5. The number of carbonyl (C=O) groups excluding carboxylic acids is 3. The van der Waals surface area contributed by atoms with Crippen molar-refractivity contribution in [3.8, 4) is 0 Å². The first-order valence-electron chi connectivity index (χ1n) is 14.0. The van der Waals surface area contributed by atoms with Gasteiger partial charge >= 0.3 is 12.0 Å². The molecule has 1 aromatic heterocycles. The number of hydrogen-bond donors (Lipinski definition) is 4. The number of aromatic nitrogens is 1. The molecule has 2 aliphatic rings. The topological polar surface area (TPSA) is 144 Å². The van der Waals surface area contributed by atoms with E-state index in [0.717, 1.165) is 24.1 Å². The second-order valence-corrected chi connectivity index (χ2v) is 10.7. The van der Waals surface area contributed by atoms with Crippen LogP contribution in [0.4, 0.5) is 21.9 Å². The molecule has 1 saturated carbocycles. The van der Waals surface area contributed by atoms with E-state index in [1.807, 2.05) is 30.0 Å². The number of nitrogens with zero attached hydrogens (tertiary/aromatic N) is 3. The molecular weight excluding hydrogens is 536 g/mol. The summed E-state index contributed by atoms with van der Waals surface area (Å²) < 4.78 is 0. The molecule has 218 valence electrons. The van der Waals surface area contributed by atoms with E-state index < -0.39 is 23.9 Å². The number of carboxylic acid groups (broad SMARTS) is 1. The van der Waals surface area contributed by atoms with Crippen LogP contribution in [-0.2, 0) is 9.59 Å². The van der Waals surface area contributed by atoms with Crippen LogP contribution in [0, 0.1) is 12.8 Å². The Hall–Kier alpha value is -4.93. The first kappa shape index (κ1) is 28.6. The maximum absolute atomic E-state index is 13.3. The second-order valence-electron chi connectivity index (χ2n) is 10.7. The monoisotopic (exact) mass is 570 g/mol. The van der Waals surface area contributed by atoms with Gasteiger partial charge in [-0.1, -0.05) is 18.2 Å². The third-order valence-corrected chi connectivity index (χ3v) is 7.41. The maximum atomic E-state index is 13.3. The van der Waals surface area contributed by atoms with E-state index in [4.69, 9.17) is 0 Å². The summed E-state index contributed by atoms with van der Waals surface area (Å²) in [7, 11) is 0. The smallest absolute Gasteiger partial charge is 0.323 e. The molecule has 11 heteroatoms. The number of hydrogen-bond acceptors (Lipinski definition) is 6. The van der Waals surface area contributed by atoms with Crippen molar-refractivity contribution in [2.45, 2.75) is 32.2 Å². The number of urea groups is 1. The van der Waals surface area contributed by atoms with Gasteiger partial charge in [-0.15, -0.1) is 0 Å². The molecule has 1 atom stereocenters. The summed E-state index contributed by atoms with van der Waals surface area (Å²) in [5.74, 6) is -1.18. The Morgan fingerprint density at radius 2 is 1.76 bits per heavy atom. The average Bonchev–Trinajstić information content (AvgIpc) is 3.82. The number of anilines is 3. The number of pyridine rings is 1. The van der Waals surface area contributed by atoms with E-state index in [2.05, 4.69) is 25.8 Å². The molecule has 1 aliphatic carbocycles. The lowest BCUT2D eigenvalue weighted by molar-refractivity contribution is -0.137. The fourth-order valence-electron chi connectivity index (χ4n) is 5.07. The van der Waals surface area contributed by atoms with E-state index in [9.17, 15) is 24.3 Å². The Labute approximate surface area is 243 Å². The van der Waals surface area contributed by atoms with Crippen molar-refractivity contribution in [1.82, 2.24) is 15.2 Å². The van der Waals surface area contributed by atoms with Crippen LogP contribution in [0.5, 0.6) is 0 Å². The lowest BCUT2D eigenvalue weighted by Crippen LogP contribution is -2.49. The summed E-state index contributed by atoms with van der Waals surface area (Å²) in [6, 6.07) is 14.5. The molecule has 3 aromatic rings. The predicted octanol–water partition coefficient (Wildman–Crippen LogP) is 4.04. The minimum Gasteiger partial charge on any atom is -0.481 e. The highest BCUT2D eigenvalue weighted by atomic mass is 16.4. The summed E-state index contributed by atoms with van der Waals surface area (Å²) in [5, 5.41) is 17.9. The van der Waals surface area contributed by atoms with Crippen LogP contribution in [0.1, 0.15) is 46.8 Å². The quantitative estimate of drug-likeness (QED) is 0.304. The van der Waals surface area contributed by atoms with E-state index in [1.54, 1.807) is 42.6 Å². The zero-order valence-electron chi connectivity index (χ0n) is 23.4. The van der Waals surface area contributed by atoms with Gasteiger partial charge in [-0.25, -0.2) is 4.79 Å². The van der Waals surface area contributed by atoms with Gasteiger partial charge in [-0.05, 0) is 67.3 Å². The molecule has 42 heavy (non-hydrogen) atoms. The molecule has 1 saturated heterocycles. The molecule has 1 aliphatic heterocycles. The molecular formula is C31H34N6O5. The van der Waals surface area contributed by atoms with Crippen molar-refractivity contribution in [3.63, 3.8) is 0 Å². The number of amides is 4. The largest absolute Gasteiger partial charge is 0.481 e. The molecule has 2 fully saturated rings. The van der Waals surface area contributed by atoms with Gasteiger partial charge in [0.1, 0.15) is 0 Å². The molecule has 0 spiro atoms. The first-order chi connectivity index (χ1) is 20.3. The number of aryl methyl sites for hydroxylation is 1. The van der Waals surface area contributed by atoms with Crippen LogP contribution in [0.3, 0.4) is 0 Å². The third-order valence-electron chi connectivity index (χ3n) is 7.41. The summed E-state index contributed by atoms with van der Waals surface area (Å²) in [6.07, 6.45) is 4.70.